The van der Waals surface area contributed by atoms with E-state index in [1.807, 2.05) is 30.3 Å². The number of nitrogens with zero attached hydrogens (tertiary/aromatic N) is 4. The molecule has 246 valence electrons. The highest BCUT2D eigenvalue weighted by atomic mass is 35.5. The van der Waals surface area contributed by atoms with Crippen molar-refractivity contribution in [2.75, 3.05) is 18.4 Å². The Labute approximate surface area is 288 Å². The molecule has 1 aromatic heterocycles. The first-order chi connectivity index (χ1) is 22.7. The van der Waals surface area contributed by atoms with Gasteiger partial charge in [0.05, 0.1) is 23.3 Å². The van der Waals surface area contributed by atoms with Crippen LogP contribution in [0.1, 0.15) is 57.6 Å². The first kappa shape index (κ1) is 32.2. The van der Waals surface area contributed by atoms with Crippen LogP contribution in [0.3, 0.4) is 0 Å². The third kappa shape index (κ3) is 6.69. The number of piperidine rings is 1. The highest BCUT2D eigenvalue weighted by Gasteiger charge is 2.56. The van der Waals surface area contributed by atoms with Crippen LogP contribution in [0, 0.1) is 29.1 Å². The minimum atomic E-state index is -0.0566. The summed E-state index contributed by atoms with van der Waals surface area (Å²) >= 11 is 12.4. The van der Waals surface area contributed by atoms with Crippen molar-refractivity contribution >= 4 is 45.8 Å². The average Bonchev–Trinajstić information content (AvgIpc) is 3.06. The van der Waals surface area contributed by atoms with E-state index < -0.39 is 0 Å². The predicted molar refractivity (Wildman–Crippen MR) is 195 cm³/mol. The summed E-state index contributed by atoms with van der Waals surface area (Å²) in [6, 6.07) is 22.5. The zero-order valence-electron chi connectivity index (χ0n) is 27.6. The van der Waals surface area contributed by atoms with Gasteiger partial charge in [-0.15, -0.1) is 0 Å². The maximum absolute atomic E-state index is 13.4. The van der Waals surface area contributed by atoms with Crippen molar-refractivity contribution in [1.29, 1.82) is 0 Å². The van der Waals surface area contributed by atoms with E-state index in [-0.39, 0.29) is 5.56 Å². The molecule has 3 aromatic carbocycles. The van der Waals surface area contributed by atoms with Crippen molar-refractivity contribution in [3.63, 3.8) is 0 Å². The molecular weight excluding hydrogens is 625 g/mol. The van der Waals surface area contributed by atoms with E-state index in [1.54, 1.807) is 17.0 Å². The molecule has 4 aliphatic rings. The molecule has 0 amide bonds. The number of aromatic nitrogens is 2. The molecule has 4 fully saturated rings. The molecular formula is C39H45Cl2N5O. The fourth-order valence-electron chi connectivity index (χ4n) is 8.43. The smallest absolute Gasteiger partial charge is 0.261 e. The van der Waals surface area contributed by atoms with Crippen LogP contribution in [-0.2, 0) is 19.4 Å². The van der Waals surface area contributed by atoms with E-state index in [9.17, 15) is 4.79 Å². The summed E-state index contributed by atoms with van der Waals surface area (Å²) in [6.45, 7) is 9.75. The normalized spacial score (nSPS) is 24.3. The number of hydrogen-bond acceptors (Lipinski definition) is 3. The summed E-state index contributed by atoms with van der Waals surface area (Å²) in [5.74, 6) is 3.68. The van der Waals surface area contributed by atoms with Gasteiger partial charge in [0.2, 0.25) is 0 Å². The Morgan fingerprint density at radius 1 is 1.02 bits per heavy atom. The average molecular weight is 671 g/mol. The molecule has 4 atom stereocenters. The van der Waals surface area contributed by atoms with Crippen LogP contribution in [0.4, 0.5) is 5.69 Å². The van der Waals surface area contributed by atoms with Crippen molar-refractivity contribution in [3.05, 3.63) is 105 Å². The Balaban J connectivity index is 1.10. The SMILES string of the molecule is CC1C(N=C(Nc2ccc3c(=O)n(CCc4ccc(Cl)cc4Cl)cnc3c2)N2CCC(Cc3ccccc3)CC2)CC2CC1C2(C)C. The molecule has 47 heavy (non-hydrogen) atoms. The number of hydrogen-bond donors (Lipinski definition) is 1. The molecule has 2 heterocycles. The molecule has 0 radical (unpaired) electrons. The zero-order valence-corrected chi connectivity index (χ0v) is 29.1. The molecule has 1 saturated heterocycles. The van der Waals surface area contributed by atoms with Crippen molar-refractivity contribution in [2.24, 2.45) is 34.1 Å². The number of benzene rings is 3. The minimum absolute atomic E-state index is 0.0566. The Kier molecular flexibility index (Phi) is 9.10. The lowest BCUT2D eigenvalue weighted by Gasteiger charge is -2.61. The molecule has 6 nitrogen and oxygen atoms in total. The molecule has 8 rings (SSSR count). The molecule has 3 aliphatic carbocycles. The van der Waals surface area contributed by atoms with Crippen LogP contribution in [0.2, 0.25) is 10.0 Å². The number of nitrogens with one attached hydrogen (secondary N) is 1. The lowest BCUT2D eigenvalue weighted by atomic mass is 9.45. The Morgan fingerprint density at radius 3 is 2.53 bits per heavy atom. The van der Waals surface area contributed by atoms with Gasteiger partial charge in [0.1, 0.15) is 0 Å². The van der Waals surface area contributed by atoms with Crippen LogP contribution in [0.5, 0.6) is 0 Å². The molecule has 1 aliphatic heterocycles. The molecule has 3 saturated carbocycles. The number of anilines is 1. The fourth-order valence-corrected chi connectivity index (χ4v) is 8.93. The van der Waals surface area contributed by atoms with Gasteiger partial charge in [-0.3, -0.25) is 9.36 Å². The van der Waals surface area contributed by atoms with Gasteiger partial charge >= 0.3 is 0 Å². The first-order valence-electron chi connectivity index (χ1n) is 17.2. The van der Waals surface area contributed by atoms with Crippen molar-refractivity contribution in [1.82, 2.24) is 14.5 Å². The van der Waals surface area contributed by atoms with Gasteiger partial charge in [0.25, 0.3) is 5.56 Å². The second-order valence-corrected chi connectivity index (χ2v) is 15.5. The third-order valence-corrected chi connectivity index (χ3v) is 12.2. The van der Waals surface area contributed by atoms with Gasteiger partial charge in [0.15, 0.2) is 5.96 Å². The quantitative estimate of drug-likeness (QED) is 0.158. The number of fused-ring (bicyclic) bond motifs is 3. The predicted octanol–water partition coefficient (Wildman–Crippen LogP) is 8.74. The van der Waals surface area contributed by atoms with Crippen molar-refractivity contribution in [2.45, 2.75) is 71.9 Å². The number of guanidine groups is 1. The van der Waals surface area contributed by atoms with Gasteiger partial charge in [-0.25, -0.2) is 9.98 Å². The highest BCUT2D eigenvalue weighted by Crippen LogP contribution is 2.61. The Morgan fingerprint density at radius 2 is 1.81 bits per heavy atom. The molecule has 4 unspecified atom stereocenters. The summed E-state index contributed by atoms with van der Waals surface area (Å²) < 4.78 is 1.66. The largest absolute Gasteiger partial charge is 0.343 e. The summed E-state index contributed by atoms with van der Waals surface area (Å²) in [6.07, 6.45) is 8.18. The maximum Gasteiger partial charge on any atom is 0.261 e. The van der Waals surface area contributed by atoms with Gasteiger partial charge in [-0.1, -0.05) is 80.4 Å². The van der Waals surface area contributed by atoms with E-state index in [0.717, 1.165) is 67.8 Å². The second kappa shape index (κ2) is 13.3. The minimum Gasteiger partial charge on any atom is -0.343 e. The van der Waals surface area contributed by atoms with Crippen LogP contribution in [0.15, 0.2) is 82.8 Å². The molecule has 2 bridgehead atoms. The molecule has 4 aromatic rings. The topological polar surface area (TPSA) is 62.5 Å². The fraction of sp³-hybridized carbons (Fsp3) is 0.462. The zero-order chi connectivity index (χ0) is 32.7. The lowest BCUT2D eigenvalue weighted by Crippen LogP contribution is -2.56. The molecule has 8 heteroatoms. The first-order valence-corrected chi connectivity index (χ1v) is 18.0. The van der Waals surface area contributed by atoms with Crippen molar-refractivity contribution in [3.8, 4) is 0 Å². The number of aliphatic imine (C=N–C) groups is 1. The summed E-state index contributed by atoms with van der Waals surface area (Å²) in [5, 5.41) is 5.52. The van der Waals surface area contributed by atoms with Crippen LogP contribution in [-0.4, -0.2) is 39.5 Å². The summed E-state index contributed by atoms with van der Waals surface area (Å²) in [4.78, 5) is 26.1. The monoisotopic (exact) mass is 669 g/mol. The highest BCUT2D eigenvalue weighted by molar-refractivity contribution is 6.35. The molecule has 1 N–H and O–H groups in total. The van der Waals surface area contributed by atoms with Gasteiger partial charge in [0, 0.05) is 35.4 Å². The van der Waals surface area contributed by atoms with Crippen LogP contribution in [0.25, 0.3) is 10.9 Å². The Hall–Kier alpha value is -3.35. The van der Waals surface area contributed by atoms with E-state index in [2.05, 4.69) is 61.3 Å². The lowest BCUT2D eigenvalue weighted by molar-refractivity contribution is -0.108. The standard InChI is InChI=1S/C39H45Cl2N5O/c1-25-33-20-29(39(33,2)3)21-35(25)44-38(45-16-13-27(14-17-45)19-26-7-5-4-6-8-26)43-31-11-12-32-36(23-31)42-24-46(37(32)47)18-15-28-9-10-30(40)22-34(28)41/h4-12,22-25,27,29,33,35H,13-21H2,1-3H3,(H,43,44). The Bertz CT molecular complexity index is 1830. The van der Waals surface area contributed by atoms with Crippen LogP contribution < -0.4 is 10.9 Å². The number of likely N-dealkylation sites (tertiary alicyclic amines) is 1. The van der Waals surface area contributed by atoms with E-state index in [0.29, 0.717) is 57.2 Å². The maximum atomic E-state index is 13.4. The van der Waals surface area contributed by atoms with Gasteiger partial charge < -0.3 is 10.2 Å². The summed E-state index contributed by atoms with van der Waals surface area (Å²) in [7, 11) is 0. The van der Waals surface area contributed by atoms with Crippen LogP contribution >= 0.6 is 23.2 Å². The second-order valence-electron chi connectivity index (χ2n) is 14.7. The molecule has 0 spiro atoms. The number of aryl methyl sites for hydroxylation is 2. The van der Waals surface area contributed by atoms with Gasteiger partial charge in [-0.05, 0) is 109 Å². The van der Waals surface area contributed by atoms with Gasteiger partial charge in [-0.2, -0.15) is 0 Å². The van der Waals surface area contributed by atoms with E-state index in [4.69, 9.17) is 33.2 Å². The van der Waals surface area contributed by atoms with E-state index in [1.165, 1.54) is 12.0 Å². The third-order valence-electron chi connectivity index (χ3n) is 11.6. The number of rotatable bonds is 7. The van der Waals surface area contributed by atoms with E-state index >= 15 is 0 Å². The number of halogens is 2. The summed E-state index contributed by atoms with van der Waals surface area (Å²) in [5.41, 5.74) is 4.33. The van der Waals surface area contributed by atoms with Crippen molar-refractivity contribution < 1.29 is 0 Å².